The molecule has 3 nitrogen and oxygen atoms in total. The maximum absolute atomic E-state index is 4.76. The number of nitrogens with zero attached hydrogens (tertiary/aromatic N) is 2. The molecule has 0 bridgehead atoms. The van der Waals surface area contributed by atoms with Gasteiger partial charge in [-0.2, -0.15) is 11.3 Å². The summed E-state index contributed by atoms with van der Waals surface area (Å²) in [5, 5.41) is 11.0. The molecule has 0 spiro atoms. The van der Waals surface area contributed by atoms with Crippen molar-refractivity contribution >= 4 is 35.1 Å². The van der Waals surface area contributed by atoms with E-state index in [1.807, 2.05) is 0 Å². The van der Waals surface area contributed by atoms with Gasteiger partial charge < -0.3 is 5.32 Å². The van der Waals surface area contributed by atoms with Gasteiger partial charge in [0.2, 0.25) is 0 Å². The van der Waals surface area contributed by atoms with Crippen LogP contribution < -0.4 is 5.32 Å². The number of thiophene rings is 1. The van der Waals surface area contributed by atoms with E-state index in [0.29, 0.717) is 6.04 Å². The summed E-state index contributed by atoms with van der Waals surface area (Å²) in [6.07, 6.45) is 2.50. The van der Waals surface area contributed by atoms with Crippen LogP contribution in [0.5, 0.6) is 0 Å². The highest BCUT2D eigenvalue weighted by Crippen LogP contribution is 2.26. The number of halogens is 1. The van der Waals surface area contributed by atoms with Crippen molar-refractivity contribution in [3.8, 4) is 10.6 Å². The first-order valence-corrected chi connectivity index (χ1v) is 8.53. The van der Waals surface area contributed by atoms with Crippen LogP contribution in [0.3, 0.4) is 0 Å². The Morgan fingerprint density at radius 1 is 1.35 bits per heavy atom. The zero-order chi connectivity index (χ0) is 13.1. The van der Waals surface area contributed by atoms with Gasteiger partial charge in [0.15, 0.2) is 0 Å². The van der Waals surface area contributed by atoms with Gasteiger partial charge in [-0.15, -0.1) is 23.7 Å². The zero-order valence-corrected chi connectivity index (χ0v) is 14.0. The van der Waals surface area contributed by atoms with E-state index in [4.69, 9.17) is 4.98 Å². The van der Waals surface area contributed by atoms with Crippen LogP contribution in [0.15, 0.2) is 22.2 Å². The largest absolute Gasteiger partial charge is 0.317 e. The minimum atomic E-state index is 0. The molecule has 110 valence electrons. The molecule has 20 heavy (non-hydrogen) atoms. The summed E-state index contributed by atoms with van der Waals surface area (Å²) in [6.45, 7) is 3.25. The molecule has 0 unspecified atom stereocenters. The fourth-order valence-corrected chi connectivity index (χ4v) is 4.05. The van der Waals surface area contributed by atoms with Gasteiger partial charge >= 0.3 is 0 Å². The van der Waals surface area contributed by atoms with Gasteiger partial charge in [-0.1, -0.05) is 0 Å². The SMILES string of the molecule is CN(Cc1csc(-c2ccsc2)n1)C1CCNCC1.Cl. The molecule has 0 aliphatic carbocycles. The second-order valence-corrected chi connectivity index (χ2v) is 6.69. The maximum Gasteiger partial charge on any atom is 0.124 e. The van der Waals surface area contributed by atoms with E-state index in [0.717, 1.165) is 24.6 Å². The lowest BCUT2D eigenvalue weighted by Gasteiger charge is -2.31. The molecule has 1 saturated heterocycles. The van der Waals surface area contributed by atoms with Crippen molar-refractivity contribution in [2.45, 2.75) is 25.4 Å². The Kier molecular flexibility index (Phi) is 5.99. The molecule has 2 aromatic rings. The quantitative estimate of drug-likeness (QED) is 0.930. The Labute approximate surface area is 134 Å². The van der Waals surface area contributed by atoms with Gasteiger partial charge in [0.1, 0.15) is 5.01 Å². The van der Waals surface area contributed by atoms with E-state index in [1.54, 1.807) is 22.7 Å². The van der Waals surface area contributed by atoms with Crippen LogP contribution in [-0.2, 0) is 6.54 Å². The average Bonchev–Trinajstić information content (AvgIpc) is 3.10. The van der Waals surface area contributed by atoms with E-state index in [2.05, 4.69) is 39.5 Å². The van der Waals surface area contributed by atoms with Crippen molar-refractivity contribution in [1.82, 2.24) is 15.2 Å². The number of piperidine rings is 1. The summed E-state index contributed by atoms with van der Waals surface area (Å²) >= 11 is 3.48. The van der Waals surface area contributed by atoms with E-state index in [1.165, 1.54) is 24.1 Å². The summed E-state index contributed by atoms with van der Waals surface area (Å²) in [4.78, 5) is 7.21. The van der Waals surface area contributed by atoms with Crippen molar-refractivity contribution < 1.29 is 0 Å². The molecule has 0 atom stereocenters. The fraction of sp³-hybridized carbons (Fsp3) is 0.500. The second kappa shape index (κ2) is 7.52. The monoisotopic (exact) mass is 329 g/mol. The number of thiazole rings is 1. The number of hydrogen-bond donors (Lipinski definition) is 1. The lowest BCUT2D eigenvalue weighted by atomic mass is 10.1. The van der Waals surface area contributed by atoms with Gasteiger partial charge in [-0.05, 0) is 44.4 Å². The predicted octanol–water partition coefficient (Wildman–Crippen LogP) is 3.48. The smallest absolute Gasteiger partial charge is 0.124 e. The first-order chi connectivity index (χ1) is 9.33. The maximum atomic E-state index is 4.76. The van der Waals surface area contributed by atoms with Gasteiger partial charge in [-0.3, -0.25) is 4.90 Å². The van der Waals surface area contributed by atoms with Gasteiger partial charge in [0.25, 0.3) is 0 Å². The number of hydrogen-bond acceptors (Lipinski definition) is 5. The average molecular weight is 330 g/mol. The summed E-state index contributed by atoms with van der Waals surface area (Å²) < 4.78 is 0. The molecule has 0 saturated carbocycles. The van der Waals surface area contributed by atoms with Crippen molar-refractivity contribution in [2.75, 3.05) is 20.1 Å². The molecular weight excluding hydrogens is 310 g/mol. The van der Waals surface area contributed by atoms with Crippen molar-refractivity contribution in [3.05, 3.63) is 27.9 Å². The van der Waals surface area contributed by atoms with Crippen LogP contribution in [-0.4, -0.2) is 36.1 Å². The van der Waals surface area contributed by atoms with Crippen molar-refractivity contribution in [1.29, 1.82) is 0 Å². The van der Waals surface area contributed by atoms with Crippen LogP contribution in [0.1, 0.15) is 18.5 Å². The predicted molar refractivity (Wildman–Crippen MR) is 90.0 cm³/mol. The zero-order valence-electron chi connectivity index (χ0n) is 11.5. The first kappa shape index (κ1) is 15.9. The van der Waals surface area contributed by atoms with Gasteiger partial charge in [0.05, 0.1) is 5.69 Å². The highest BCUT2D eigenvalue weighted by molar-refractivity contribution is 7.14. The van der Waals surface area contributed by atoms with Crippen LogP contribution in [0.4, 0.5) is 0 Å². The highest BCUT2D eigenvalue weighted by Gasteiger charge is 2.18. The molecular formula is C14H20ClN3S2. The third-order valence-corrected chi connectivity index (χ3v) is 5.29. The molecule has 0 radical (unpaired) electrons. The number of rotatable bonds is 4. The normalized spacial score (nSPS) is 16.3. The van der Waals surface area contributed by atoms with Crippen LogP contribution >= 0.6 is 35.1 Å². The minimum Gasteiger partial charge on any atom is -0.317 e. The van der Waals surface area contributed by atoms with E-state index < -0.39 is 0 Å². The van der Waals surface area contributed by atoms with Gasteiger partial charge in [-0.25, -0.2) is 4.98 Å². The molecule has 0 aromatic carbocycles. The molecule has 2 aromatic heterocycles. The van der Waals surface area contributed by atoms with Crippen molar-refractivity contribution in [3.63, 3.8) is 0 Å². The van der Waals surface area contributed by atoms with E-state index in [9.17, 15) is 0 Å². The first-order valence-electron chi connectivity index (χ1n) is 6.71. The lowest BCUT2D eigenvalue weighted by molar-refractivity contribution is 0.190. The Morgan fingerprint density at radius 3 is 2.85 bits per heavy atom. The van der Waals surface area contributed by atoms with E-state index >= 15 is 0 Å². The molecule has 0 amide bonds. The summed E-state index contributed by atoms with van der Waals surface area (Å²) in [7, 11) is 2.22. The lowest BCUT2D eigenvalue weighted by Crippen LogP contribution is -2.40. The molecule has 6 heteroatoms. The minimum absolute atomic E-state index is 0. The summed E-state index contributed by atoms with van der Waals surface area (Å²) in [6, 6.07) is 2.84. The van der Waals surface area contributed by atoms with Crippen LogP contribution in [0, 0.1) is 0 Å². The Bertz CT molecular complexity index is 506. The van der Waals surface area contributed by atoms with Crippen molar-refractivity contribution in [2.24, 2.45) is 0 Å². The summed E-state index contributed by atoms with van der Waals surface area (Å²) in [5.41, 5.74) is 2.46. The third kappa shape index (κ3) is 3.80. The molecule has 1 N–H and O–H groups in total. The van der Waals surface area contributed by atoms with Gasteiger partial charge in [0, 0.05) is 28.9 Å². The van der Waals surface area contributed by atoms with Crippen LogP contribution in [0.2, 0.25) is 0 Å². The fourth-order valence-electron chi connectivity index (χ4n) is 2.53. The standard InChI is InChI=1S/C14H19N3S2.ClH/c1-17(13-2-5-15-6-3-13)8-12-10-19-14(16-12)11-4-7-18-9-11;/h4,7,9-10,13,15H,2-3,5-6,8H2,1H3;1H. The molecule has 3 heterocycles. The third-order valence-electron chi connectivity index (χ3n) is 3.66. The molecule has 1 fully saturated rings. The molecule has 1 aliphatic heterocycles. The van der Waals surface area contributed by atoms with Crippen LogP contribution in [0.25, 0.3) is 10.6 Å². The topological polar surface area (TPSA) is 28.2 Å². The number of aromatic nitrogens is 1. The Morgan fingerprint density at radius 2 is 2.15 bits per heavy atom. The molecule has 1 aliphatic rings. The Hall–Kier alpha value is -0.460. The molecule has 3 rings (SSSR count). The van der Waals surface area contributed by atoms with E-state index in [-0.39, 0.29) is 12.4 Å². The number of nitrogens with one attached hydrogen (secondary N) is 1. The summed E-state index contributed by atoms with van der Waals surface area (Å²) in [5.74, 6) is 0. The second-order valence-electron chi connectivity index (χ2n) is 5.05. The Balaban J connectivity index is 0.00000147. The highest BCUT2D eigenvalue weighted by atomic mass is 35.5.